The summed E-state index contributed by atoms with van der Waals surface area (Å²) in [7, 11) is -8.62. The molecule has 1 unspecified atom stereocenters. The van der Waals surface area contributed by atoms with Gasteiger partial charge in [0.05, 0.1) is 0 Å². The lowest BCUT2D eigenvalue weighted by Gasteiger charge is -2.42. The summed E-state index contributed by atoms with van der Waals surface area (Å²) in [4.78, 5) is 0. The van der Waals surface area contributed by atoms with Crippen LogP contribution in [0.15, 0.2) is 0 Å². The molecule has 0 aromatic carbocycles. The van der Waals surface area contributed by atoms with Crippen molar-refractivity contribution in [3.8, 4) is 0 Å². The summed E-state index contributed by atoms with van der Waals surface area (Å²) < 4.78 is 25.6. The first-order valence-electron chi connectivity index (χ1n) is 7.86. The maximum Gasteiger partial charge on any atom is 0.647 e. The van der Waals surface area contributed by atoms with E-state index in [0.29, 0.717) is 0 Å². The highest BCUT2D eigenvalue weighted by atomic mass is 28.5. The van der Waals surface area contributed by atoms with Gasteiger partial charge in [-0.3, -0.25) is 0 Å². The topological polar surface area (TPSA) is 36.9 Å². The minimum Gasteiger partial charge on any atom is -0.395 e. The summed E-state index contributed by atoms with van der Waals surface area (Å²) in [6.07, 6.45) is 1.01. The van der Waals surface area contributed by atoms with Crippen molar-refractivity contribution in [2.24, 2.45) is 0 Å². The molecule has 0 radical (unpaired) electrons. The highest BCUT2D eigenvalue weighted by molar-refractivity contribution is 6.87. The minimum atomic E-state index is -3.10. The van der Waals surface area contributed by atoms with Crippen LogP contribution in [-0.4, -0.2) is 40.1 Å². The zero-order chi connectivity index (χ0) is 17.1. The minimum absolute atomic E-state index is 0.0840. The molecular weight excluding hydrogens is 332 g/mol. The van der Waals surface area contributed by atoms with Gasteiger partial charge in [-0.15, -0.1) is 0 Å². The van der Waals surface area contributed by atoms with Crippen molar-refractivity contribution < 1.29 is 16.8 Å². The molecule has 0 aliphatic heterocycles. The van der Waals surface area contributed by atoms with Crippen LogP contribution in [0.1, 0.15) is 20.3 Å². The Labute approximate surface area is 136 Å². The van der Waals surface area contributed by atoms with E-state index < -0.39 is 34.0 Å². The first kappa shape index (κ1) is 21.7. The average Bonchev–Trinajstić information content (AvgIpc) is 2.07. The van der Waals surface area contributed by atoms with E-state index in [-0.39, 0.29) is 6.10 Å². The number of hydrogen-bond acceptors (Lipinski definition) is 4. The molecule has 0 aliphatic carbocycles. The summed E-state index contributed by atoms with van der Waals surface area (Å²) >= 11 is 0. The van der Waals surface area contributed by atoms with E-state index in [9.17, 15) is 0 Å². The fraction of sp³-hybridized carbons (Fsp3) is 1.00. The molecule has 0 heterocycles. The summed E-state index contributed by atoms with van der Waals surface area (Å²) in [5, 5.41) is 0. The molecule has 0 saturated carbocycles. The van der Waals surface area contributed by atoms with Crippen LogP contribution < -0.4 is 0 Å². The van der Waals surface area contributed by atoms with Crippen LogP contribution in [0, 0.1) is 0 Å². The molecule has 8 heteroatoms. The molecule has 0 bridgehead atoms. The van der Waals surface area contributed by atoms with Gasteiger partial charge in [-0.05, 0) is 72.3 Å². The smallest absolute Gasteiger partial charge is 0.395 e. The van der Waals surface area contributed by atoms with Gasteiger partial charge in [-0.2, -0.15) is 0 Å². The molecule has 1 atom stereocenters. The molecule has 0 spiro atoms. The lowest BCUT2D eigenvalue weighted by atomic mass is 10.3. The molecule has 0 aliphatic rings. The van der Waals surface area contributed by atoms with E-state index in [1.165, 1.54) is 0 Å². The van der Waals surface area contributed by atoms with Gasteiger partial charge in [0.25, 0.3) is 0 Å². The Bertz CT molecular complexity index is 277. The normalized spacial score (nSPS) is 16.1. The molecule has 128 valence electrons. The van der Waals surface area contributed by atoms with Crippen LogP contribution in [-0.2, 0) is 16.8 Å². The van der Waals surface area contributed by atoms with E-state index in [2.05, 4.69) is 72.8 Å². The standard InChI is InChI=1S/C13H36O4Si4/c1-12-13(2)14-21(15-18(3,4)5,16-19(6,7)8)17-20(9,10)11/h13H,12H2,1-11H3. The van der Waals surface area contributed by atoms with E-state index in [4.69, 9.17) is 16.8 Å². The van der Waals surface area contributed by atoms with Crippen LogP contribution in [0.5, 0.6) is 0 Å². The molecule has 0 amide bonds. The Hall–Kier alpha value is 0.708. The van der Waals surface area contributed by atoms with Gasteiger partial charge >= 0.3 is 9.05 Å². The molecule has 0 aromatic rings. The lowest BCUT2D eigenvalue weighted by molar-refractivity contribution is 0.0459. The van der Waals surface area contributed by atoms with Gasteiger partial charge < -0.3 is 16.8 Å². The third-order valence-electron chi connectivity index (χ3n) is 2.21. The Morgan fingerprint density at radius 3 is 1.14 bits per heavy atom. The maximum atomic E-state index is 6.43. The van der Waals surface area contributed by atoms with Crippen LogP contribution in [0.3, 0.4) is 0 Å². The highest BCUT2D eigenvalue weighted by Gasteiger charge is 2.54. The lowest BCUT2D eigenvalue weighted by Crippen LogP contribution is -2.63. The largest absolute Gasteiger partial charge is 0.647 e. The fourth-order valence-electron chi connectivity index (χ4n) is 1.59. The first-order chi connectivity index (χ1) is 9.08. The van der Waals surface area contributed by atoms with Crippen LogP contribution in [0.4, 0.5) is 0 Å². The van der Waals surface area contributed by atoms with Crippen molar-refractivity contribution in [3.63, 3.8) is 0 Å². The zero-order valence-electron chi connectivity index (χ0n) is 15.9. The van der Waals surface area contributed by atoms with Crippen LogP contribution >= 0.6 is 0 Å². The van der Waals surface area contributed by atoms with Gasteiger partial charge in [0.2, 0.25) is 0 Å². The average molecular weight is 369 g/mol. The van der Waals surface area contributed by atoms with E-state index in [0.717, 1.165) is 6.42 Å². The van der Waals surface area contributed by atoms with Gasteiger partial charge in [0.15, 0.2) is 25.0 Å². The Morgan fingerprint density at radius 1 is 0.667 bits per heavy atom. The molecular formula is C13H36O4Si4. The van der Waals surface area contributed by atoms with Crippen molar-refractivity contribution in [3.05, 3.63) is 0 Å². The number of hydrogen-bond donors (Lipinski definition) is 0. The van der Waals surface area contributed by atoms with Gasteiger partial charge in [0.1, 0.15) is 0 Å². The summed E-state index contributed by atoms with van der Waals surface area (Å²) in [5.41, 5.74) is 0. The monoisotopic (exact) mass is 368 g/mol. The van der Waals surface area contributed by atoms with Gasteiger partial charge in [-0.1, -0.05) is 6.92 Å². The van der Waals surface area contributed by atoms with Crippen LogP contribution in [0.2, 0.25) is 58.9 Å². The fourth-order valence-corrected chi connectivity index (χ4v) is 13.5. The Kier molecular flexibility index (Phi) is 7.77. The molecule has 0 rings (SSSR count). The summed E-state index contributed by atoms with van der Waals surface area (Å²) in [6.45, 7) is 23.6. The van der Waals surface area contributed by atoms with E-state index in [1.54, 1.807) is 0 Å². The third-order valence-corrected chi connectivity index (χ3v) is 13.3. The molecule has 0 saturated heterocycles. The Balaban J connectivity index is 5.57. The predicted molar refractivity (Wildman–Crippen MR) is 99.9 cm³/mol. The molecule has 0 N–H and O–H groups in total. The predicted octanol–water partition coefficient (Wildman–Crippen LogP) is 4.79. The highest BCUT2D eigenvalue weighted by Crippen LogP contribution is 2.28. The van der Waals surface area contributed by atoms with E-state index >= 15 is 0 Å². The zero-order valence-corrected chi connectivity index (χ0v) is 19.9. The second-order valence-corrected chi connectivity index (χ2v) is 24.8. The van der Waals surface area contributed by atoms with Crippen molar-refractivity contribution in [2.75, 3.05) is 0 Å². The second-order valence-electron chi connectivity index (χ2n) is 8.48. The summed E-state index contributed by atoms with van der Waals surface area (Å²) in [5.74, 6) is 0. The molecule has 4 nitrogen and oxygen atoms in total. The SMILES string of the molecule is CCC(C)O[Si](O[Si](C)(C)C)(O[Si](C)(C)C)O[Si](C)(C)C. The van der Waals surface area contributed by atoms with Crippen molar-refractivity contribution in [1.82, 2.24) is 0 Å². The molecule has 0 fully saturated rings. The van der Waals surface area contributed by atoms with E-state index in [1.807, 2.05) is 0 Å². The molecule has 0 aromatic heterocycles. The molecule has 21 heavy (non-hydrogen) atoms. The third kappa shape index (κ3) is 11.0. The van der Waals surface area contributed by atoms with Gasteiger partial charge in [-0.25, -0.2) is 0 Å². The quantitative estimate of drug-likeness (QED) is 0.548. The van der Waals surface area contributed by atoms with Gasteiger partial charge in [0, 0.05) is 6.10 Å². The van der Waals surface area contributed by atoms with Crippen molar-refractivity contribution in [2.45, 2.75) is 85.3 Å². The van der Waals surface area contributed by atoms with Crippen LogP contribution in [0.25, 0.3) is 0 Å². The summed E-state index contributed by atoms with van der Waals surface area (Å²) in [6, 6.07) is 0. The second kappa shape index (κ2) is 7.52. The Morgan fingerprint density at radius 2 is 0.952 bits per heavy atom. The van der Waals surface area contributed by atoms with Crippen molar-refractivity contribution >= 4 is 34.0 Å². The maximum absolute atomic E-state index is 6.43. The number of rotatable bonds is 9. The van der Waals surface area contributed by atoms with Crippen molar-refractivity contribution in [1.29, 1.82) is 0 Å². The first-order valence-corrected chi connectivity index (χ1v) is 19.7.